The minimum absolute atomic E-state index is 0.0667. The molecule has 0 saturated heterocycles. The topological polar surface area (TPSA) is 63.9 Å². The Morgan fingerprint density at radius 3 is 2.75 bits per heavy atom. The predicted molar refractivity (Wildman–Crippen MR) is 105 cm³/mol. The Balaban J connectivity index is 1.43. The molecule has 0 bridgehead atoms. The number of aromatic nitrogens is 4. The normalized spacial score (nSPS) is 13.7. The zero-order chi connectivity index (χ0) is 19.3. The van der Waals surface area contributed by atoms with Crippen LogP contribution in [-0.2, 0) is 13.1 Å². The number of carbonyl (C=O) groups is 1. The molecule has 2 aromatic heterocycles. The van der Waals surface area contributed by atoms with Crippen LogP contribution in [0.25, 0.3) is 21.0 Å². The van der Waals surface area contributed by atoms with Crippen molar-refractivity contribution in [2.45, 2.75) is 13.1 Å². The molecular weight excluding hydrogens is 401 g/mol. The smallest absolute Gasteiger partial charge is 0.254 e. The average molecular weight is 414 g/mol. The van der Waals surface area contributed by atoms with E-state index >= 15 is 0 Å². The Labute approximate surface area is 168 Å². The first kappa shape index (κ1) is 17.3. The lowest BCUT2D eigenvalue weighted by Crippen LogP contribution is -2.38. The summed E-state index contributed by atoms with van der Waals surface area (Å²) in [7, 11) is 0. The van der Waals surface area contributed by atoms with Crippen LogP contribution in [0.2, 0.25) is 5.02 Å². The lowest BCUT2D eigenvalue weighted by Gasteiger charge is -2.27. The van der Waals surface area contributed by atoms with Gasteiger partial charge in [0.15, 0.2) is 16.7 Å². The van der Waals surface area contributed by atoms with Gasteiger partial charge in [0.1, 0.15) is 5.82 Å². The second-order valence-corrected chi connectivity index (χ2v) is 7.92. The lowest BCUT2D eigenvalue weighted by atomic mass is 10.2. The van der Waals surface area contributed by atoms with E-state index in [-0.39, 0.29) is 11.7 Å². The quantitative estimate of drug-likeness (QED) is 0.498. The van der Waals surface area contributed by atoms with Gasteiger partial charge in [0.05, 0.1) is 16.8 Å². The Hall–Kier alpha value is -2.84. The summed E-state index contributed by atoms with van der Waals surface area (Å²) in [4.78, 5) is 19.0. The number of rotatable bonds is 2. The molecule has 0 radical (unpaired) electrons. The van der Waals surface area contributed by atoms with E-state index in [1.54, 1.807) is 35.2 Å². The van der Waals surface area contributed by atoms with Crippen LogP contribution >= 0.6 is 22.9 Å². The number of carbonyl (C=O) groups excluding carboxylic acids is 1. The summed E-state index contributed by atoms with van der Waals surface area (Å²) in [6, 6.07) is 11.4. The number of hydrogen-bond acceptors (Lipinski definition) is 5. The van der Waals surface area contributed by atoms with Crippen LogP contribution < -0.4 is 0 Å². The summed E-state index contributed by atoms with van der Waals surface area (Å²) >= 11 is 7.28. The van der Waals surface area contributed by atoms with Gasteiger partial charge in [-0.1, -0.05) is 11.6 Å². The second-order valence-electron chi connectivity index (χ2n) is 6.46. The highest BCUT2D eigenvalue weighted by Gasteiger charge is 2.26. The molecule has 0 spiro atoms. The molecule has 0 saturated carbocycles. The van der Waals surface area contributed by atoms with Crippen molar-refractivity contribution in [2.75, 3.05) is 6.54 Å². The summed E-state index contributed by atoms with van der Waals surface area (Å²) in [6.07, 6.45) is 0. The maximum absolute atomic E-state index is 13.4. The molecule has 1 aliphatic heterocycles. The van der Waals surface area contributed by atoms with Gasteiger partial charge in [0, 0.05) is 23.7 Å². The molecule has 9 heteroatoms. The van der Waals surface area contributed by atoms with Crippen molar-refractivity contribution in [1.82, 2.24) is 24.6 Å². The van der Waals surface area contributed by atoms with Gasteiger partial charge in [0.2, 0.25) is 0 Å². The molecular formula is C19H13ClFN5OS. The van der Waals surface area contributed by atoms with Gasteiger partial charge in [-0.15, -0.1) is 21.5 Å². The van der Waals surface area contributed by atoms with E-state index in [0.29, 0.717) is 46.9 Å². The van der Waals surface area contributed by atoms with E-state index in [9.17, 15) is 9.18 Å². The molecule has 1 amide bonds. The van der Waals surface area contributed by atoms with Gasteiger partial charge in [0.25, 0.3) is 5.91 Å². The summed E-state index contributed by atoms with van der Waals surface area (Å²) in [5, 5.41) is 9.81. The minimum Gasteiger partial charge on any atom is -0.329 e. The molecule has 140 valence electrons. The van der Waals surface area contributed by atoms with Gasteiger partial charge in [-0.3, -0.25) is 4.79 Å². The van der Waals surface area contributed by atoms with Crippen LogP contribution in [0.5, 0.6) is 0 Å². The molecule has 1 aliphatic rings. The fourth-order valence-corrected chi connectivity index (χ4v) is 4.37. The molecule has 0 atom stereocenters. The monoisotopic (exact) mass is 413 g/mol. The van der Waals surface area contributed by atoms with Crippen LogP contribution in [0.4, 0.5) is 4.39 Å². The van der Waals surface area contributed by atoms with Crippen LogP contribution in [0.15, 0.2) is 42.5 Å². The van der Waals surface area contributed by atoms with Gasteiger partial charge in [-0.2, -0.15) is 0 Å². The van der Waals surface area contributed by atoms with Crippen molar-refractivity contribution in [1.29, 1.82) is 0 Å². The van der Waals surface area contributed by atoms with E-state index < -0.39 is 0 Å². The van der Waals surface area contributed by atoms with Crippen molar-refractivity contribution in [2.24, 2.45) is 0 Å². The van der Waals surface area contributed by atoms with E-state index in [0.717, 1.165) is 10.2 Å². The SMILES string of the molecule is O=C(c1ccc(Cl)cc1)N1CCn2c(nnc2-c2nc3ccc(F)cc3s2)C1. The van der Waals surface area contributed by atoms with Crippen molar-refractivity contribution in [3.05, 3.63) is 64.7 Å². The molecule has 28 heavy (non-hydrogen) atoms. The van der Waals surface area contributed by atoms with Gasteiger partial charge in [-0.05, 0) is 42.5 Å². The number of nitrogens with zero attached hydrogens (tertiary/aromatic N) is 5. The summed E-state index contributed by atoms with van der Waals surface area (Å²) in [5.41, 5.74) is 1.32. The molecule has 5 rings (SSSR count). The highest BCUT2D eigenvalue weighted by atomic mass is 35.5. The molecule has 4 aromatic rings. The number of thiazole rings is 1. The largest absolute Gasteiger partial charge is 0.329 e. The van der Waals surface area contributed by atoms with Crippen LogP contribution in [0.1, 0.15) is 16.2 Å². The maximum atomic E-state index is 13.4. The maximum Gasteiger partial charge on any atom is 0.254 e. The Bertz CT molecular complexity index is 1200. The summed E-state index contributed by atoms with van der Waals surface area (Å²) < 4.78 is 16.2. The molecule has 2 aromatic carbocycles. The molecule has 0 unspecified atom stereocenters. The molecule has 0 fully saturated rings. The molecule has 0 aliphatic carbocycles. The first-order chi connectivity index (χ1) is 13.6. The highest BCUT2D eigenvalue weighted by Crippen LogP contribution is 2.31. The average Bonchev–Trinajstić information content (AvgIpc) is 3.30. The molecule has 3 heterocycles. The third kappa shape index (κ3) is 2.94. The van der Waals surface area contributed by atoms with E-state index in [1.165, 1.54) is 23.5 Å². The van der Waals surface area contributed by atoms with Gasteiger partial charge < -0.3 is 9.47 Å². The number of halogens is 2. The third-order valence-electron chi connectivity index (χ3n) is 4.67. The number of fused-ring (bicyclic) bond motifs is 2. The Kier molecular flexibility index (Phi) is 4.10. The first-order valence-electron chi connectivity index (χ1n) is 8.62. The van der Waals surface area contributed by atoms with Crippen LogP contribution in [-0.4, -0.2) is 37.1 Å². The predicted octanol–water partition coefficient (Wildman–Crippen LogP) is 4.00. The van der Waals surface area contributed by atoms with Crippen LogP contribution in [0, 0.1) is 5.82 Å². The Morgan fingerprint density at radius 1 is 1.11 bits per heavy atom. The summed E-state index contributed by atoms with van der Waals surface area (Å²) in [6.45, 7) is 1.48. The van der Waals surface area contributed by atoms with Crippen molar-refractivity contribution in [3.63, 3.8) is 0 Å². The Morgan fingerprint density at radius 2 is 1.93 bits per heavy atom. The minimum atomic E-state index is -0.290. The fraction of sp³-hybridized carbons (Fsp3) is 0.158. The van der Waals surface area contributed by atoms with Gasteiger partial charge >= 0.3 is 0 Å². The molecule has 0 N–H and O–H groups in total. The van der Waals surface area contributed by atoms with E-state index in [4.69, 9.17) is 11.6 Å². The zero-order valence-corrected chi connectivity index (χ0v) is 16.0. The van der Waals surface area contributed by atoms with Gasteiger partial charge in [-0.25, -0.2) is 9.37 Å². The fourth-order valence-electron chi connectivity index (χ4n) is 3.26. The molecule has 6 nitrogen and oxygen atoms in total. The van der Waals surface area contributed by atoms with E-state index in [2.05, 4.69) is 15.2 Å². The van der Waals surface area contributed by atoms with E-state index in [1.807, 2.05) is 4.57 Å². The number of amides is 1. The first-order valence-corrected chi connectivity index (χ1v) is 9.81. The van der Waals surface area contributed by atoms with Crippen molar-refractivity contribution in [3.8, 4) is 10.8 Å². The van der Waals surface area contributed by atoms with Crippen LogP contribution in [0.3, 0.4) is 0 Å². The standard InChI is InChI=1S/C19H13ClFN5OS/c20-12-3-1-11(2-4-12)19(27)25-7-8-26-16(10-25)23-24-17(26)18-22-14-6-5-13(21)9-15(14)28-18/h1-6,9H,7-8,10H2. The zero-order valence-electron chi connectivity index (χ0n) is 14.5. The van der Waals surface area contributed by atoms with Crippen molar-refractivity contribution < 1.29 is 9.18 Å². The summed E-state index contributed by atoms with van der Waals surface area (Å²) in [5.74, 6) is 0.995. The van der Waals surface area contributed by atoms with Crippen molar-refractivity contribution >= 4 is 39.1 Å². The highest BCUT2D eigenvalue weighted by molar-refractivity contribution is 7.21. The lowest BCUT2D eigenvalue weighted by molar-refractivity contribution is 0.0708. The second kappa shape index (κ2) is 6.65. The number of hydrogen-bond donors (Lipinski definition) is 0. The third-order valence-corrected chi connectivity index (χ3v) is 5.94. The number of benzene rings is 2.